The number of aryl methyl sites for hydroxylation is 1. The minimum Gasteiger partial charge on any atom is -0.390 e. The average molecular weight is 566 g/mol. The molecule has 13 heteroatoms. The number of benzene rings is 1. The summed E-state index contributed by atoms with van der Waals surface area (Å²) in [6.45, 7) is 0.591. The molecule has 11 nitrogen and oxygen atoms in total. The molecule has 1 aliphatic rings. The lowest BCUT2D eigenvalue weighted by Gasteiger charge is -2.25. The van der Waals surface area contributed by atoms with Crippen molar-refractivity contribution in [1.82, 2.24) is 24.4 Å². The molecular formula is C28H29F2N7O4. The molecule has 0 amide bonds. The summed E-state index contributed by atoms with van der Waals surface area (Å²) in [6.07, 6.45) is 1.72. The van der Waals surface area contributed by atoms with E-state index in [-0.39, 0.29) is 28.9 Å². The van der Waals surface area contributed by atoms with E-state index < -0.39 is 29.5 Å². The Morgan fingerprint density at radius 1 is 1.15 bits per heavy atom. The number of aliphatic hydroxyl groups is 3. The Labute approximate surface area is 232 Å². The molecule has 0 spiro atoms. The lowest BCUT2D eigenvalue weighted by atomic mass is 10.0. The zero-order chi connectivity index (χ0) is 29.3. The fraction of sp³-hybridized carbons (Fsp3) is 0.321. The number of rotatable bonds is 5. The van der Waals surface area contributed by atoms with Crippen molar-refractivity contribution in [3.63, 3.8) is 0 Å². The third-order valence-corrected chi connectivity index (χ3v) is 7.90. The maximum atomic E-state index is 15.6. The summed E-state index contributed by atoms with van der Waals surface area (Å²) in [6, 6.07) is 2.41. The van der Waals surface area contributed by atoms with Crippen molar-refractivity contribution < 1.29 is 24.1 Å². The smallest absolute Gasteiger partial charge is 0.199 e. The van der Waals surface area contributed by atoms with Crippen LogP contribution in [0.15, 0.2) is 35.5 Å². The molecule has 41 heavy (non-hydrogen) atoms. The molecule has 5 aromatic rings. The van der Waals surface area contributed by atoms with Crippen molar-refractivity contribution in [2.45, 2.75) is 18.4 Å². The molecule has 0 bridgehead atoms. The molecule has 214 valence electrons. The molecule has 0 saturated carbocycles. The molecule has 6 rings (SSSR count). The van der Waals surface area contributed by atoms with E-state index in [1.807, 2.05) is 23.9 Å². The number of aliphatic hydroxyl groups excluding tert-OH is 2. The van der Waals surface area contributed by atoms with Gasteiger partial charge in [-0.1, -0.05) is 0 Å². The van der Waals surface area contributed by atoms with Crippen LogP contribution in [-0.2, 0) is 7.05 Å². The molecule has 0 aliphatic carbocycles. The van der Waals surface area contributed by atoms with Gasteiger partial charge in [-0.05, 0) is 20.2 Å². The van der Waals surface area contributed by atoms with Crippen LogP contribution < -0.4 is 15.6 Å². The summed E-state index contributed by atoms with van der Waals surface area (Å²) in [5.74, 6) is -2.07. The minimum atomic E-state index is -1.98. The van der Waals surface area contributed by atoms with E-state index in [1.165, 1.54) is 10.8 Å². The molecule has 2 atom stereocenters. The third-order valence-electron chi connectivity index (χ3n) is 7.90. The summed E-state index contributed by atoms with van der Waals surface area (Å²) in [7, 11) is 6.96. The quantitative estimate of drug-likeness (QED) is 0.202. The Morgan fingerprint density at radius 2 is 1.90 bits per heavy atom. The van der Waals surface area contributed by atoms with Crippen molar-refractivity contribution in [3.05, 3.63) is 58.1 Å². The van der Waals surface area contributed by atoms with Gasteiger partial charge in [0.1, 0.15) is 11.3 Å². The van der Waals surface area contributed by atoms with Gasteiger partial charge in [-0.25, -0.2) is 18.7 Å². The van der Waals surface area contributed by atoms with Gasteiger partial charge in [0.15, 0.2) is 23.4 Å². The molecule has 1 saturated heterocycles. The van der Waals surface area contributed by atoms with E-state index in [9.17, 15) is 24.5 Å². The number of anilines is 2. The SMILES string of the molecule is CNc1cc(F)c(F)c2c1[nH]c1ncc(-c3cnc4c(c3)c(=O)c(C(O)O)cn4C)c(N3CC(N(C)C)[C@H](O)C3)c12. The second-order valence-electron chi connectivity index (χ2n) is 10.6. The summed E-state index contributed by atoms with van der Waals surface area (Å²) in [5, 5.41) is 33.8. The Balaban J connectivity index is 1.70. The molecular weight excluding hydrogens is 536 g/mol. The minimum absolute atomic E-state index is 0.00634. The summed E-state index contributed by atoms with van der Waals surface area (Å²) in [4.78, 5) is 29.1. The number of likely N-dealkylation sites (N-methyl/N-ethyl adjacent to an activating group) is 1. The molecule has 4 aromatic heterocycles. The monoisotopic (exact) mass is 565 g/mol. The van der Waals surface area contributed by atoms with Crippen LogP contribution in [0.2, 0.25) is 0 Å². The Morgan fingerprint density at radius 3 is 2.56 bits per heavy atom. The molecule has 1 aliphatic heterocycles. The fourth-order valence-electron chi connectivity index (χ4n) is 5.86. The maximum Gasteiger partial charge on any atom is 0.199 e. The van der Waals surface area contributed by atoms with E-state index in [2.05, 4.69) is 20.3 Å². The first-order valence-electron chi connectivity index (χ1n) is 13.0. The van der Waals surface area contributed by atoms with Gasteiger partial charge in [0.2, 0.25) is 0 Å². The van der Waals surface area contributed by atoms with Crippen LogP contribution in [0.1, 0.15) is 11.9 Å². The highest BCUT2D eigenvalue weighted by Crippen LogP contribution is 2.44. The Kier molecular flexibility index (Phi) is 6.41. The largest absolute Gasteiger partial charge is 0.390 e. The third kappa shape index (κ3) is 4.11. The Hall–Kier alpha value is -4.17. The van der Waals surface area contributed by atoms with Gasteiger partial charge in [-0.2, -0.15) is 0 Å². The molecule has 1 unspecified atom stereocenters. The van der Waals surface area contributed by atoms with Crippen LogP contribution in [0.3, 0.4) is 0 Å². The van der Waals surface area contributed by atoms with Gasteiger partial charge in [0.05, 0.1) is 50.8 Å². The lowest BCUT2D eigenvalue weighted by Crippen LogP contribution is -2.38. The average Bonchev–Trinajstić information content (AvgIpc) is 3.52. The number of fused-ring (bicyclic) bond motifs is 4. The van der Waals surface area contributed by atoms with Gasteiger partial charge >= 0.3 is 0 Å². The number of hydrogen-bond donors (Lipinski definition) is 5. The topological polar surface area (TPSA) is 143 Å². The first-order chi connectivity index (χ1) is 19.5. The van der Waals surface area contributed by atoms with Crippen molar-refractivity contribution >= 4 is 44.3 Å². The summed E-state index contributed by atoms with van der Waals surface area (Å²) >= 11 is 0. The number of nitrogens with zero attached hydrogens (tertiary/aromatic N) is 5. The van der Waals surface area contributed by atoms with E-state index >= 15 is 4.39 Å². The number of halogens is 2. The van der Waals surface area contributed by atoms with Crippen LogP contribution in [-0.4, -0.2) is 86.1 Å². The van der Waals surface area contributed by atoms with Crippen LogP contribution in [0, 0.1) is 11.6 Å². The number of β-amino-alcohol motifs (C(OH)–C–C–N with tert-alkyl or cyclic N) is 1. The predicted molar refractivity (Wildman–Crippen MR) is 152 cm³/mol. The van der Waals surface area contributed by atoms with Crippen LogP contribution in [0.4, 0.5) is 20.2 Å². The van der Waals surface area contributed by atoms with Crippen LogP contribution in [0.5, 0.6) is 0 Å². The second kappa shape index (κ2) is 9.73. The van der Waals surface area contributed by atoms with Crippen LogP contribution >= 0.6 is 0 Å². The van der Waals surface area contributed by atoms with E-state index in [0.29, 0.717) is 51.2 Å². The maximum absolute atomic E-state index is 15.6. The molecule has 1 aromatic carbocycles. The number of nitrogens with one attached hydrogen (secondary N) is 2. The van der Waals surface area contributed by atoms with Gasteiger partial charge < -0.3 is 40.0 Å². The zero-order valence-electron chi connectivity index (χ0n) is 22.8. The predicted octanol–water partition coefficient (Wildman–Crippen LogP) is 2.04. The molecule has 5 N–H and O–H groups in total. The lowest BCUT2D eigenvalue weighted by molar-refractivity contribution is -0.0435. The van der Waals surface area contributed by atoms with E-state index in [4.69, 9.17) is 0 Å². The fourth-order valence-corrected chi connectivity index (χ4v) is 5.86. The van der Waals surface area contributed by atoms with Crippen LogP contribution in [0.25, 0.3) is 44.1 Å². The highest BCUT2D eigenvalue weighted by Gasteiger charge is 2.36. The van der Waals surface area contributed by atoms with Gasteiger partial charge in [-0.3, -0.25) is 4.79 Å². The number of pyridine rings is 3. The number of aromatic amines is 1. The Bertz CT molecular complexity index is 1900. The number of aromatic nitrogens is 4. The second-order valence-corrected chi connectivity index (χ2v) is 10.6. The molecule has 5 heterocycles. The first kappa shape index (κ1) is 27.0. The summed E-state index contributed by atoms with van der Waals surface area (Å²) < 4.78 is 31.9. The van der Waals surface area contributed by atoms with Crippen molar-refractivity contribution in [1.29, 1.82) is 0 Å². The van der Waals surface area contributed by atoms with Crippen molar-refractivity contribution in [2.24, 2.45) is 7.05 Å². The highest BCUT2D eigenvalue weighted by molar-refractivity contribution is 6.18. The van der Waals surface area contributed by atoms with Gasteiger partial charge in [0, 0.05) is 63.0 Å². The standard InChI is InChI=1S/C28H29F2N7O4/c1-31-17-6-16(29)22(30)20-21-24(37-10-18(35(2)3)19(38)11-37)14(8-32-26(21)34-23(17)20)12-5-13-25(39)15(28(40)41)9-36(4)27(13)33-7-12/h5-9,18-19,28,31,38,40-41H,10-11H2,1-4H3,(H,32,34)/t18?,19-/m1/s1. The zero-order valence-corrected chi connectivity index (χ0v) is 22.8. The van der Waals surface area contributed by atoms with Crippen molar-refractivity contribution in [3.8, 4) is 11.1 Å². The number of H-pyrrole nitrogens is 1. The highest BCUT2D eigenvalue weighted by atomic mass is 19.2. The molecule has 0 radical (unpaired) electrons. The normalized spacial score (nSPS) is 17.7. The van der Waals surface area contributed by atoms with E-state index in [0.717, 1.165) is 6.07 Å². The number of hydrogen-bond acceptors (Lipinski definition) is 9. The van der Waals surface area contributed by atoms with Gasteiger partial charge in [0.25, 0.3) is 0 Å². The van der Waals surface area contributed by atoms with E-state index in [1.54, 1.807) is 32.6 Å². The molecule has 1 fully saturated rings. The van der Waals surface area contributed by atoms with Gasteiger partial charge in [-0.15, -0.1) is 0 Å². The summed E-state index contributed by atoms with van der Waals surface area (Å²) in [5.41, 5.74) is 1.94. The van der Waals surface area contributed by atoms with Crippen molar-refractivity contribution in [2.75, 3.05) is 44.4 Å². The first-order valence-corrected chi connectivity index (χ1v) is 13.0.